The van der Waals surface area contributed by atoms with Crippen molar-refractivity contribution in [2.75, 3.05) is 5.32 Å². The van der Waals surface area contributed by atoms with E-state index in [1.165, 1.54) is 117 Å². The number of carbonyl (C=O) groups is 1. The van der Waals surface area contributed by atoms with Crippen molar-refractivity contribution in [1.29, 1.82) is 0 Å². The maximum Gasteiger partial charge on any atom is 0.255 e. The van der Waals surface area contributed by atoms with Crippen LogP contribution in [-0.2, 0) is 0 Å². The summed E-state index contributed by atoms with van der Waals surface area (Å²) >= 11 is 0. The Morgan fingerprint density at radius 3 is 1.44 bits per heavy atom. The molecular formula is C89H95N5O. The summed E-state index contributed by atoms with van der Waals surface area (Å²) in [5.41, 5.74) is 40.0. The van der Waals surface area contributed by atoms with Crippen LogP contribution in [0.15, 0.2) is 215 Å². The van der Waals surface area contributed by atoms with Gasteiger partial charge in [0, 0.05) is 61.3 Å². The number of aromatic nitrogens is 2. The van der Waals surface area contributed by atoms with Crippen LogP contribution in [0.5, 0.6) is 0 Å². The number of aromatic amines is 2. The summed E-state index contributed by atoms with van der Waals surface area (Å²) in [6.07, 6.45) is 38.3. The fourth-order valence-electron chi connectivity index (χ4n) is 13.7. The summed E-state index contributed by atoms with van der Waals surface area (Å²) in [4.78, 5) is 28.0. The molecule has 6 heteroatoms. The third-order valence-corrected chi connectivity index (χ3v) is 20.6. The first-order valence-corrected chi connectivity index (χ1v) is 33.5. The lowest BCUT2D eigenvalue weighted by molar-refractivity contribution is 0.102. The summed E-state index contributed by atoms with van der Waals surface area (Å²) in [5.74, 6) is -0.177. The van der Waals surface area contributed by atoms with Gasteiger partial charge in [0.25, 0.3) is 5.91 Å². The minimum atomic E-state index is -0.209. The number of amides is 1. The van der Waals surface area contributed by atoms with Gasteiger partial charge < -0.3 is 20.6 Å². The molecule has 1 amide bonds. The quantitative estimate of drug-likeness (QED) is 0.0771. The number of fused-ring (bicyclic) bond motifs is 7. The van der Waals surface area contributed by atoms with Gasteiger partial charge in [-0.1, -0.05) is 138 Å². The molecule has 0 saturated carbocycles. The summed E-state index contributed by atoms with van der Waals surface area (Å²) in [5, 5.41) is 9.40. The summed E-state index contributed by atoms with van der Waals surface area (Å²) < 4.78 is 0. The molecule has 3 aliphatic rings. The van der Waals surface area contributed by atoms with Crippen LogP contribution in [0.2, 0.25) is 0 Å². The Balaban J connectivity index is 1.01. The number of hydrogen-bond donors (Lipinski definition) is 4. The number of nitrogens with one attached hydrogen (secondary N) is 4. The number of carbonyl (C=O) groups excluding carboxylic acids is 1. The second kappa shape index (κ2) is 28.7. The van der Waals surface area contributed by atoms with E-state index < -0.39 is 0 Å². The lowest BCUT2D eigenvalue weighted by Gasteiger charge is -2.25. The molecule has 1 unspecified atom stereocenters. The van der Waals surface area contributed by atoms with Crippen molar-refractivity contribution >= 4 is 45.7 Å². The molecule has 7 aromatic rings. The van der Waals surface area contributed by atoms with Crippen LogP contribution >= 0.6 is 0 Å². The zero-order valence-corrected chi connectivity index (χ0v) is 59.8. The monoisotopic (exact) mass is 1250 g/mol. The highest BCUT2D eigenvalue weighted by molar-refractivity contribution is 6.31. The zero-order valence-electron chi connectivity index (χ0n) is 59.8. The van der Waals surface area contributed by atoms with Crippen LogP contribution in [0, 0.1) is 104 Å². The van der Waals surface area contributed by atoms with E-state index in [-0.39, 0.29) is 11.9 Å². The third kappa shape index (κ3) is 14.0. The second-order valence-electron chi connectivity index (χ2n) is 26.5. The van der Waals surface area contributed by atoms with E-state index in [1.54, 1.807) is 0 Å². The summed E-state index contributed by atoms with van der Waals surface area (Å²) in [7, 11) is 0. The van der Waals surface area contributed by atoms with E-state index in [2.05, 4.69) is 292 Å². The Morgan fingerprint density at radius 2 is 0.905 bits per heavy atom. The van der Waals surface area contributed by atoms with Crippen molar-refractivity contribution in [2.45, 2.75) is 145 Å². The van der Waals surface area contributed by atoms with Crippen molar-refractivity contribution in [3.05, 3.63) is 349 Å². The van der Waals surface area contributed by atoms with Crippen molar-refractivity contribution in [3.8, 4) is 0 Å². The van der Waals surface area contributed by atoms with E-state index in [0.29, 0.717) is 11.3 Å². The SMILES string of the molecule is C/C=C/C(C)=C/C=C/C(C)=C/C=C/C=C(C)/C=C/C=C(C)/C=C/c1ccc(C(=O)Nc2ccc(C3=C4C=CC(N4)/C(c4c(C)c(C)c(C)c(C)c4C)=c4/cc/c([nH]4)=C(\c4c(C)c(C)c(C)c(C)c4C)C4=N/C(=C(/c5c(C)c(C)c(C)c(C)c5C)c5ccc3[nH]5)C=C4)cc2)cc1. The average molecular weight is 1250 g/mol. The van der Waals surface area contributed by atoms with Gasteiger partial charge in [0.15, 0.2) is 0 Å². The van der Waals surface area contributed by atoms with Gasteiger partial charge in [-0.2, -0.15) is 0 Å². The van der Waals surface area contributed by atoms with E-state index in [0.717, 1.165) is 78.2 Å². The predicted molar refractivity (Wildman–Crippen MR) is 408 cm³/mol. The maximum absolute atomic E-state index is 14.0. The minimum Gasteiger partial charge on any atom is -0.374 e. The van der Waals surface area contributed by atoms with Crippen LogP contribution in [0.1, 0.15) is 168 Å². The van der Waals surface area contributed by atoms with Crippen molar-refractivity contribution in [3.63, 3.8) is 0 Å². The molecule has 0 radical (unpaired) electrons. The fourth-order valence-corrected chi connectivity index (χ4v) is 13.7. The zero-order chi connectivity index (χ0) is 68.3. The van der Waals surface area contributed by atoms with Crippen LogP contribution in [0.4, 0.5) is 5.69 Å². The molecule has 10 rings (SSSR count). The number of nitrogens with zero attached hydrogens (tertiary/aromatic N) is 1. The van der Waals surface area contributed by atoms with Crippen LogP contribution in [-0.4, -0.2) is 27.6 Å². The number of hydrogen-bond acceptors (Lipinski definition) is 3. The van der Waals surface area contributed by atoms with Crippen LogP contribution in [0.25, 0.3) is 28.4 Å². The maximum atomic E-state index is 14.0. The van der Waals surface area contributed by atoms with E-state index >= 15 is 0 Å². The van der Waals surface area contributed by atoms with E-state index in [4.69, 9.17) is 4.99 Å². The topological polar surface area (TPSA) is 85.1 Å². The molecule has 8 bridgehead atoms. The van der Waals surface area contributed by atoms with Crippen molar-refractivity contribution < 1.29 is 4.79 Å². The molecule has 4 N–H and O–H groups in total. The number of allylic oxidation sites excluding steroid dienone is 20. The summed E-state index contributed by atoms with van der Waals surface area (Å²) in [6.45, 7) is 44.4. The van der Waals surface area contributed by atoms with Crippen molar-refractivity contribution in [1.82, 2.24) is 15.3 Å². The average Bonchev–Trinajstić information content (AvgIpc) is 1.50. The molecule has 0 saturated heterocycles. The van der Waals surface area contributed by atoms with Gasteiger partial charge in [0.05, 0.1) is 17.5 Å². The first-order valence-electron chi connectivity index (χ1n) is 33.5. The Labute approximate surface area is 566 Å². The minimum absolute atomic E-state index is 0.177. The van der Waals surface area contributed by atoms with E-state index in [1.807, 2.05) is 49.4 Å². The van der Waals surface area contributed by atoms with Gasteiger partial charge in [0.2, 0.25) is 0 Å². The standard InChI is InChI=1S/C89H95N5O/c1-21-26-51(2)29-24-30-52(3)27-22-23-28-53(4)31-25-32-54(5)33-34-70-35-37-72(38-36-70)89(95)90-73-41-39-71(40-42-73)85-74-43-45-76(91-74)86(82-64(15)58(9)55(6)59(10)65(82)16)78-47-49-80(93-78)88(84-68(19)62(13)57(8)63(14)69(84)20)81-50-48-79(94-81)87(77-46-44-75(85)92-77)83-66(17)60(11)56(7)61(12)67(83)18/h21-50,76,91-93H,1-20H3,(H,90,95)/b23-22+,26-21+,30-24+,31-25+,34-33+,51-29+,52-27+,53-28+,54-32+,85-74?,86-78+,87-79+,88-80+. The second-order valence-corrected chi connectivity index (χ2v) is 26.5. The van der Waals surface area contributed by atoms with Gasteiger partial charge in [-0.05, 0) is 317 Å². The fraction of sp³-hybridized carbons (Fsp3) is 0.236. The molecule has 0 aliphatic carbocycles. The largest absolute Gasteiger partial charge is 0.374 e. The number of benzene rings is 5. The molecule has 5 aromatic carbocycles. The Hall–Kier alpha value is -10.0. The molecule has 2 aromatic heterocycles. The molecule has 0 spiro atoms. The lowest BCUT2D eigenvalue weighted by Crippen LogP contribution is -2.31. The molecule has 5 heterocycles. The Bertz CT molecular complexity index is 4790. The molecule has 6 nitrogen and oxygen atoms in total. The Kier molecular flexibility index (Phi) is 20.5. The number of aliphatic imine (C=N–C) groups is 1. The number of rotatable bonds is 15. The summed E-state index contributed by atoms with van der Waals surface area (Å²) in [6, 6.07) is 24.8. The highest BCUT2D eigenvalue weighted by Gasteiger charge is 2.30. The number of H-pyrrole nitrogens is 2. The van der Waals surface area contributed by atoms with Crippen molar-refractivity contribution in [2.24, 2.45) is 4.99 Å². The van der Waals surface area contributed by atoms with Crippen LogP contribution in [0.3, 0.4) is 0 Å². The molecule has 0 fully saturated rings. The lowest BCUT2D eigenvalue weighted by atomic mass is 9.84. The predicted octanol–water partition coefficient (Wildman–Crippen LogP) is 20.4. The third-order valence-electron chi connectivity index (χ3n) is 20.6. The molecule has 1 atom stereocenters. The van der Waals surface area contributed by atoms with Gasteiger partial charge >= 0.3 is 0 Å². The van der Waals surface area contributed by atoms with Crippen LogP contribution < -0.4 is 21.3 Å². The normalized spacial score (nSPS) is 17.6. The van der Waals surface area contributed by atoms with Gasteiger partial charge in [0.1, 0.15) is 0 Å². The van der Waals surface area contributed by atoms with Gasteiger partial charge in [-0.3, -0.25) is 4.79 Å². The van der Waals surface area contributed by atoms with Gasteiger partial charge in [-0.25, -0.2) is 4.99 Å². The van der Waals surface area contributed by atoms with Gasteiger partial charge in [-0.15, -0.1) is 0 Å². The molecule has 3 aliphatic heterocycles. The highest BCUT2D eigenvalue weighted by atomic mass is 16.1. The Morgan fingerprint density at radius 1 is 0.442 bits per heavy atom. The highest BCUT2D eigenvalue weighted by Crippen LogP contribution is 2.42. The molecule has 482 valence electrons. The molecule has 95 heavy (non-hydrogen) atoms. The smallest absolute Gasteiger partial charge is 0.255 e. The van der Waals surface area contributed by atoms with E-state index in [9.17, 15) is 4.79 Å². The first-order chi connectivity index (χ1) is 45.4. The number of anilines is 1. The first kappa shape index (κ1) is 67.8. The molecular weight excluding hydrogens is 1160 g/mol.